The first kappa shape index (κ1) is 20.5. The monoisotopic (exact) mass is 401 g/mol. The van der Waals surface area contributed by atoms with E-state index in [0.717, 1.165) is 12.8 Å². The minimum Gasteiger partial charge on any atom is -0.480 e. The highest BCUT2D eigenvalue weighted by molar-refractivity contribution is 6.21. The molecular formula is C20H23N3O6. The molecule has 0 bridgehead atoms. The Bertz CT molecular complexity index is 833. The molecule has 29 heavy (non-hydrogen) atoms. The summed E-state index contributed by atoms with van der Waals surface area (Å²) in [7, 11) is 0. The molecule has 0 saturated heterocycles. The summed E-state index contributed by atoms with van der Waals surface area (Å²) in [5.74, 6) is -4.27. The largest absolute Gasteiger partial charge is 0.480 e. The molecule has 3 rings (SSSR count). The summed E-state index contributed by atoms with van der Waals surface area (Å²) < 4.78 is 0. The second-order valence-corrected chi connectivity index (χ2v) is 7.49. The average molecular weight is 401 g/mol. The fourth-order valence-corrected chi connectivity index (χ4v) is 4.09. The molecule has 4 amide bonds. The summed E-state index contributed by atoms with van der Waals surface area (Å²) in [6.45, 7) is 0.0952. The molecule has 154 valence electrons. The molecule has 1 fully saturated rings. The summed E-state index contributed by atoms with van der Waals surface area (Å²) in [6.07, 6.45) is 2.28. The first-order valence-electron chi connectivity index (χ1n) is 9.56. The van der Waals surface area contributed by atoms with Gasteiger partial charge in [-0.3, -0.25) is 24.1 Å². The fraction of sp³-hybridized carbons (Fsp3) is 0.450. The number of carboxylic acid groups (broad SMARTS) is 1. The molecule has 1 aromatic rings. The molecule has 2 aliphatic rings. The molecular weight excluding hydrogens is 378 g/mol. The lowest BCUT2D eigenvalue weighted by molar-refractivity contribution is -0.144. The molecule has 1 heterocycles. The van der Waals surface area contributed by atoms with Crippen molar-refractivity contribution in [1.29, 1.82) is 0 Å². The molecule has 1 aliphatic heterocycles. The topological polar surface area (TPSA) is 147 Å². The van der Waals surface area contributed by atoms with Crippen molar-refractivity contribution in [3.63, 3.8) is 0 Å². The molecule has 0 aromatic heterocycles. The van der Waals surface area contributed by atoms with Gasteiger partial charge in [0.2, 0.25) is 11.8 Å². The minimum absolute atomic E-state index is 0.0952. The lowest BCUT2D eigenvalue weighted by atomic mass is 9.78. The van der Waals surface area contributed by atoms with Crippen LogP contribution in [0.2, 0.25) is 0 Å². The van der Waals surface area contributed by atoms with Gasteiger partial charge in [0.25, 0.3) is 11.8 Å². The Labute approximate surface area is 167 Å². The van der Waals surface area contributed by atoms with E-state index in [1.807, 2.05) is 0 Å². The van der Waals surface area contributed by atoms with Crippen LogP contribution in [0.1, 0.15) is 52.8 Å². The van der Waals surface area contributed by atoms with Gasteiger partial charge in [0.15, 0.2) is 0 Å². The number of nitrogens with two attached hydrogens (primary N) is 1. The Hall–Kier alpha value is -3.23. The van der Waals surface area contributed by atoms with Gasteiger partial charge in [-0.25, -0.2) is 4.79 Å². The Morgan fingerprint density at radius 1 is 1.10 bits per heavy atom. The molecule has 0 radical (unpaired) electrons. The molecule has 9 nitrogen and oxygen atoms in total. The van der Waals surface area contributed by atoms with Gasteiger partial charge in [-0.15, -0.1) is 0 Å². The van der Waals surface area contributed by atoms with E-state index in [-0.39, 0.29) is 24.3 Å². The highest BCUT2D eigenvalue weighted by Gasteiger charge is 2.40. The van der Waals surface area contributed by atoms with E-state index in [9.17, 15) is 29.1 Å². The van der Waals surface area contributed by atoms with E-state index in [1.165, 1.54) is 4.90 Å². The smallest absolute Gasteiger partial charge is 0.326 e. The molecule has 9 heteroatoms. The predicted octanol–water partition coefficient (Wildman–Crippen LogP) is 0.534. The minimum atomic E-state index is -1.40. The van der Waals surface area contributed by atoms with Crippen LogP contribution in [0.5, 0.6) is 0 Å². The highest BCUT2D eigenvalue weighted by Crippen LogP contribution is 2.33. The molecule has 1 saturated carbocycles. The van der Waals surface area contributed by atoms with Crippen molar-refractivity contribution in [3.8, 4) is 0 Å². The van der Waals surface area contributed by atoms with Crippen LogP contribution in [0.25, 0.3) is 0 Å². The van der Waals surface area contributed by atoms with Crippen LogP contribution in [0.3, 0.4) is 0 Å². The van der Waals surface area contributed by atoms with Crippen molar-refractivity contribution in [2.24, 2.45) is 17.6 Å². The van der Waals surface area contributed by atoms with Crippen LogP contribution in [-0.2, 0) is 14.4 Å². The predicted molar refractivity (Wildman–Crippen MR) is 101 cm³/mol. The molecule has 0 spiro atoms. The summed E-state index contributed by atoms with van der Waals surface area (Å²) in [5.41, 5.74) is 5.76. The number of nitrogens with zero attached hydrogens (tertiary/aromatic N) is 1. The third kappa shape index (κ3) is 4.28. The fourth-order valence-electron chi connectivity index (χ4n) is 4.09. The van der Waals surface area contributed by atoms with Gasteiger partial charge in [-0.1, -0.05) is 25.0 Å². The zero-order valence-electron chi connectivity index (χ0n) is 15.8. The van der Waals surface area contributed by atoms with Crippen LogP contribution in [0.4, 0.5) is 0 Å². The maximum Gasteiger partial charge on any atom is 0.326 e. The van der Waals surface area contributed by atoms with E-state index in [4.69, 9.17) is 5.73 Å². The third-order valence-corrected chi connectivity index (χ3v) is 5.56. The van der Waals surface area contributed by atoms with E-state index in [0.29, 0.717) is 24.0 Å². The number of hydrogen-bond donors (Lipinski definition) is 3. The number of benzene rings is 1. The Morgan fingerprint density at radius 3 is 2.24 bits per heavy atom. The van der Waals surface area contributed by atoms with Crippen molar-refractivity contribution >= 4 is 29.6 Å². The number of rotatable bonds is 7. The molecule has 3 atom stereocenters. The summed E-state index contributed by atoms with van der Waals surface area (Å²) >= 11 is 0. The Balaban J connectivity index is 1.72. The standard InChI is InChI=1S/C20H23N3O6/c21-16(24)9-15(20(28)29)22-17(25)12-6-2-1-5-11(12)10-23-18(26)13-7-3-4-8-14(13)19(23)27/h3-4,7-8,11-12,15H,1-2,5-6,9-10H2,(H2,21,24)(H,22,25)(H,28,29). The van der Waals surface area contributed by atoms with Gasteiger partial charge >= 0.3 is 5.97 Å². The summed E-state index contributed by atoms with van der Waals surface area (Å²) in [6, 6.07) is 5.18. The normalized spacial score (nSPS) is 22.1. The number of aliphatic carboxylic acids is 1. The number of fused-ring (bicyclic) bond motifs is 1. The second-order valence-electron chi connectivity index (χ2n) is 7.49. The van der Waals surface area contributed by atoms with E-state index < -0.39 is 36.2 Å². The van der Waals surface area contributed by atoms with Gasteiger partial charge in [0.05, 0.1) is 17.5 Å². The van der Waals surface area contributed by atoms with E-state index in [1.54, 1.807) is 24.3 Å². The van der Waals surface area contributed by atoms with Crippen molar-refractivity contribution in [2.45, 2.75) is 38.1 Å². The summed E-state index contributed by atoms with van der Waals surface area (Å²) in [5, 5.41) is 11.6. The van der Waals surface area contributed by atoms with Crippen LogP contribution >= 0.6 is 0 Å². The zero-order chi connectivity index (χ0) is 21.1. The maximum atomic E-state index is 12.7. The van der Waals surface area contributed by atoms with Gasteiger partial charge in [-0.05, 0) is 30.9 Å². The number of nitrogens with one attached hydrogen (secondary N) is 1. The Kier molecular flexibility index (Phi) is 5.95. The third-order valence-electron chi connectivity index (χ3n) is 5.56. The lowest BCUT2D eigenvalue weighted by Crippen LogP contribution is -2.49. The quantitative estimate of drug-likeness (QED) is 0.568. The zero-order valence-corrected chi connectivity index (χ0v) is 15.8. The Morgan fingerprint density at radius 2 is 1.69 bits per heavy atom. The van der Waals surface area contributed by atoms with Gasteiger partial charge in [-0.2, -0.15) is 0 Å². The second kappa shape index (κ2) is 8.42. The van der Waals surface area contributed by atoms with Gasteiger partial charge < -0.3 is 16.2 Å². The lowest BCUT2D eigenvalue weighted by Gasteiger charge is -2.33. The van der Waals surface area contributed by atoms with Gasteiger partial charge in [0.1, 0.15) is 6.04 Å². The van der Waals surface area contributed by atoms with Crippen molar-refractivity contribution in [1.82, 2.24) is 10.2 Å². The van der Waals surface area contributed by atoms with Crippen molar-refractivity contribution < 1.29 is 29.1 Å². The number of hydrogen-bond acceptors (Lipinski definition) is 5. The first-order valence-corrected chi connectivity index (χ1v) is 9.56. The number of carbonyl (C=O) groups is 5. The van der Waals surface area contributed by atoms with E-state index in [2.05, 4.69) is 5.32 Å². The maximum absolute atomic E-state index is 12.7. The van der Waals surface area contributed by atoms with Crippen LogP contribution in [0.15, 0.2) is 24.3 Å². The van der Waals surface area contributed by atoms with Crippen molar-refractivity contribution in [3.05, 3.63) is 35.4 Å². The molecule has 4 N–H and O–H groups in total. The molecule has 1 aromatic carbocycles. The molecule has 3 unspecified atom stereocenters. The van der Waals surface area contributed by atoms with Crippen LogP contribution in [-0.4, -0.2) is 52.2 Å². The summed E-state index contributed by atoms with van der Waals surface area (Å²) in [4.78, 5) is 61.5. The van der Waals surface area contributed by atoms with Crippen molar-refractivity contribution in [2.75, 3.05) is 6.54 Å². The number of amides is 4. The van der Waals surface area contributed by atoms with Crippen LogP contribution in [0, 0.1) is 11.8 Å². The number of carboxylic acids is 1. The van der Waals surface area contributed by atoms with E-state index >= 15 is 0 Å². The van der Waals surface area contributed by atoms with Gasteiger partial charge in [0, 0.05) is 12.5 Å². The average Bonchev–Trinajstić information content (AvgIpc) is 2.92. The first-order chi connectivity index (χ1) is 13.8. The SMILES string of the molecule is NC(=O)CC(NC(=O)C1CCCCC1CN1C(=O)c2ccccc2C1=O)C(=O)O. The highest BCUT2D eigenvalue weighted by atomic mass is 16.4. The number of carbonyl (C=O) groups excluding carboxylic acids is 4. The van der Waals surface area contributed by atoms with Crippen LogP contribution < -0.4 is 11.1 Å². The number of imide groups is 1. The molecule has 1 aliphatic carbocycles. The number of primary amides is 1.